The van der Waals surface area contributed by atoms with Gasteiger partial charge < -0.3 is 4.90 Å². The van der Waals surface area contributed by atoms with Gasteiger partial charge in [0.2, 0.25) is 0 Å². The van der Waals surface area contributed by atoms with E-state index in [-0.39, 0.29) is 5.38 Å². The van der Waals surface area contributed by atoms with Gasteiger partial charge in [0.25, 0.3) is 0 Å². The summed E-state index contributed by atoms with van der Waals surface area (Å²) in [7, 11) is 2.11. The van der Waals surface area contributed by atoms with Crippen molar-refractivity contribution in [3.63, 3.8) is 0 Å². The molecule has 1 nitrogen and oxygen atoms in total. The molecule has 0 N–H and O–H groups in total. The molecule has 1 unspecified atom stereocenters. The molecule has 19 heavy (non-hydrogen) atoms. The smallest absolute Gasteiger partial charge is 0.0712 e. The molecule has 0 fully saturated rings. The molecule has 0 aromatic heterocycles. The molecule has 0 saturated carbocycles. The Hall–Kier alpha value is -1.31. The van der Waals surface area contributed by atoms with Crippen LogP contribution in [0, 0.1) is 6.92 Å². The van der Waals surface area contributed by atoms with Gasteiger partial charge >= 0.3 is 0 Å². The van der Waals surface area contributed by atoms with Gasteiger partial charge in [-0.25, -0.2) is 0 Å². The lowest BCUT2D eigenvalue weighted by Crippen LogP contribution is -2.22. The Morgan fingerprint density at radius 2 is 1.63 bits per heavy atom. The topological polar surface area (TPSA) is 3.24 Å². The van der Waals surface area contributed by atoms with Crippen LogP contribution < -0.4 is 0 Å². The van der Waals surface area contributed by atoms with Crippen molar-refractivity contribution in [1.82, 2.24) is 4.90 Å². The van der Waals surface area contributed by atoms with Gasteiger partial charge in [-0.2, -0.15) is 0 Å². The monoisotopic (exact) mass is 273 g/mol. The highest BCUT2D eigenvalue weighted by molar-refractivity contribution is 6.21. The highest BCUT2D eigenvalue weighted by Crippen LogP contribution is 2.22. The van der Waals surface area contributed by atoms with Crippen molar-refractivity contribution >= 4 is 11.6 Å². The first-order chi connectivity index (χ1) is 9.15. The molecule has 2 heteroatoms. The summed E-state index contributed by atoms with van der Waals surface area (Å²) in [6.45, 7) is 3.87. The molecule has 0 spiro atoms. The summed E-state index contributed by atoms with van der Waals surface area (Å²) < 4.78 is 0. The second kappa shape index (κ2) is 6.74. The van der Waals surface area contributed by atoms with Crippen LogP contribution in [0.4, 0.5) is 0 Å². The molecule has 1 atom stereocenters. The van der Waals surface area contributed by atoms with Crippen LogP contribution >= 0.6 is 11.6 Å². The maximum absolute atomic E-state index is 6.48. The van der Waals surface area contributed by atoms with E-state index in [1.807, 2.05) is 6.07 Å². The molecule has 0 bridgehead atoms. The van der Waals surface area contributed by atoms with Crippen molar-refractivity contribution < 1.29 is 0 Å². The summed E-state index contributed by atoms with van der Waals surface area (Å²) in [5, 5.41) is 0.0364. The number of nitrogens with zero attached hydrogens (tertiary/aromatic N) is 1. The molecule has 2 aromatic carbocycles. The number of aryl methyl sites for hydroxylation is 1. The lowest BCUT2D eigenvalue weighted by atomic mass is 10.1. The third kappa shape index (κ3) is 4.38. The summed E-state index contributed by atoms with van der Waals surface area (Å²) in [6.07, 6.45) is 0. The van der Waals surface area contributed by atoms with Crippen molar-refractivity contribution in [2.45, 2.75) is 18.8 Å². The van der Waals surface area contributed by atoms with E-state index in [1.54, 1.807) is 0 Å². The van der Waals surface area contributed by atoms with Gasteiger partial charge in [0.15, 0.2) is 0 Å². The molecule has 0 aliphatic heterocycles. The average Bonchev–Trinajstić information content (AvgIpc) is 2.40. The second-order valence-electron chi connectivity index (χ2n) is 5.06. The Bertz CT molecular complexity index is 492. The Balaban J connectivity index is 1.91. The molecule has 0 saturated heterocycles. The molecule has 100 valence electrons. The van der Waals surface area contributed by atoms with E-state index in [0.717, 1.165) is 13.1 Å². The SMILES string of the molecule is Cc1ccc(C(Cl)CN(C)Cc2ccccc2)cc1. The average molecular weight is 274 g/mol. The van der Waals surface area contributed by atoms with E-state index in [9.17, 15) is 0 Å². The zero-order chi connectivity index (χ0) is 13.7. The van der Waals surface area contributed by atoms with E-state index in [0.29, 0.717) is 0 Å². The van der Waals surface area contributed by atoms with E-state index >= 15 is 0 Å². The number of benzene rings is 2. The largest absolute Gasteiger partial charge is 0.300 e. The highest BCUT2D eigenvalue weighted by Gasteiger charge is 2.11. The molecule has 0 amide bonds. The molecule has 2 rings (SSSR count). The first kappa shape index (κ1) is 14.1. The maximum Gasteiger partial charge on any atom is 0.0712 e. The Morgan fingerprint density at radius 1 is 1.00 bits per heavy atom. The maximum atomic E-state index is 6.48. The van der Waals surface area contributed by atoms with Gasteiger partial charge in [0.1, 0.15) is 0 Å². The quantitative estimate of drug-likeness (QED) is 0.730. The van der Waals surface area contributed by atoms with Crippen LogP contribution in [0.15, 0.2) is 54.6 Å². The summed E-state index contributed by atoms with van der Waals surface area (Å²) in [6, 6.07) is 18.9. The van der Waals surface area contributed by atoms with Crippen molar-refractivity contribution in [2.24, 2.45) is 0 Å². The molecule has 2 aromatic rings. The first-order valence-corrected chi connectivity index (χ1v) is 7.02. The molecule has 0 aliphatic rings. The summed E-state index contributed by atoms with van der Waals surface area (Å²) in [5.74, 6) is 0. The summed E-state index contributed by atoms with van der Waals surface area (Å²) in [5.41, 5.74) is 3.77. The zero-order valence-electron chi connectivity index (χ0n) is 11.5. The number of hydrogen-bond acceptors (Lipinski definition) is 1. The van der Waals surface area contributed by atoms with Crippen molar-refractivity contribution in [3.05, 3.63) is 71.3 Å². The molecular weight excluding hydrogens is 254 g/mol. The number of hydrogen-bond donors (Lipinski definition) is 0. The minimum absolute atomic E-state index is 0.0364. The van der Waals surface area contributed by atoms with E-state index in [2.05, 4.69) is 67.4 Å². The van der Waals surface area contributed by atoms with Crippen LogP contribution in [0.5, 0.6) is 0 Å². The number of likely N-dealkylation sites (N-methyl/N-ethyl adjacent to an activating group) is 1. The van der Waals surface area contributed by atoms with Gasteiger partial charge in [-0.3, -0.25) is 0 Å². The lowest BCUT2D eigenvalue weighted by molar-refractivity contribution is 0.327. The van der Waals surface area contributed by atoms with Gasteiger partial charge in [0.05, 0.1) is 5.38 Å². The molecule has 0 heterocycles. The molecule has 0 radical (unpaired) electrons. The number of rotatable bonds is 5. The van der Waals surface area contributed by atoms with Crippen LogP contribution in [-0.2, 0) is 6.54 Å². The van der Waals surface area contributed by atoms with Crippen LogP contribution in [-0.4, -0.2) is 18.5 Å². The predicted octanol–water partition coefficient (Wildman–Crippen LogP) is 4.41. The van der Waals surface area contributed by atoms with Crippen LogP contribution in [0.1, 0.15) is 22.1 Å². The third-order valence-electron chi connectivity index (χ3n) is 3.21. The number of alkyl halides is 1. The molecule has 0 aliphatic carbocycles. The molecular formula is C17H20ClN. The van der Waals surface area contributed by atoms with Crippen molar-refractivity contribution in [1.29, 1.82) is 0 Å². The Kier molecular flexibility index (Phi) is 5.00. The van der Waals surface area contributed by atoms with Gasteiger partial charge in [0, 0.05) is 13.1 Å². The standard InChI is InChI=1S/C17H20ClN/c1-14-8-10-16(11-9-14)17(18)13-19(2)12-15-6-4-3-5-7-15/h3-11,17H,12-13H2,1-2H3. The normalized spacial score (nSPS) is 12.6. The summed E-state index contributed by atoms with van der Waals surface area (Å²) >= 11 is 6.48. The van der Waals surface area contributed by atoms with Crippen molar-refractivity contribution in [3.8, 4) is 0 Å². The van der Waals surface area contributed by atoms with Gasteiger partial charge in [-0.05, 0) is 25.1 Å². The fraction of sp³-hybridized carbons (Fsp3) is 0.294. The Labute approximate surface area is 120 Å². The zero-order valence-corrected chi connectivity index (χ0v) is 12.3. The van der Waals surface area contributed by atoms with Crippen LogP contribution in [0.2, 0.25) is 0 Å². The fourth-order valence-corrected chi connectivity index (χ4v) is 2.50. The predicted molar refractivity (Wildman–Crippen MR) is 82.5 cm³/mol. The van der Waals surface area contributed by atoms with Crippen LogP contribution in [0.3, 0.4) is 0 Å². The van der Waals surface area contributed by atoms with E-state index < -0.39 is 0 Å². The van der Waals surface area contributed by atoms with Crippen LogP contribution in [0.25, 0.3) is 0 Å². The Morgan fingerprint density at radius 3 is 2.26 bits per heavy atom. The second-order valence-corrected chi connectivity index (χ2v) is 5.59. The minimum atomic E-state index is 0.0364. The minimum Gasteiger partial charge on any atom is -0.300 e. The van der Waals surface area contributed by atoms with Crippen molar-refractivity contribution in [2.75, 3.05) is 13.6 Å². The third-order valence-corrected chi connectivity index (χ3v) is 3.60. The fourth-order valence-electron chi connectivity index (χ4n) is 2.11. The summed E-state index contributed by atoms with van der Waals surface area (Å²) in [4.78, 5) is 2.26. The van der Waals surface area contributed by atoms with E-state index in [4.69, 9.17) is 11.6 Å². The van der Waals surface area contributed by atoms with Gasteiger partial charge in [-0.15, -0.1) is 11.6 Å². The highest BCUT2D eigenvalue weighted by atomic mass is 35.5. The van der Waals surface area contributed by atoms with E-state index in [1.165, 1.54) is 16.7 Å². The van der Waals surface area contributed by atoms with Gasteiger partial charge in [-0.1, -0.05) is 60.2 Å². The lowest BCUT2D eigenvalue weighted by Gasteiger charge is -2.20. The first-order valence-electron chi connectivity index (χ1n) is 6.58. The number of halogens is 1.